The van der Waals surface area contributed by atoms with Crippen LogP contribution in [0.3, 0.4) is 0 Å². The first-order chi connectivity index (χ1) is 6.25. The topological polar surface area (TPSA) is 16.1 Å². The minimum Gasteiger partial charge on any atom is -0.297 e. The molecule has 0 atom stereocenters. The van der Waals surface area contributed by atoms with Gasteiger partial charge in [-0.15, -0.1) is 0 Å². The summed E-state index contributed by atoms with van der Waals surface area (Å²) in [7, 11) is 0. The summed E-state index contributed by atoms with van der Waals surface area (Å²) in [5, 5.41) is 0. The van der Waals surface area contributed by atoms with Crippen LogP contribution in [0.15, 0.2) is 18.3 Å². The lowest BCUT2D eigenvalue weighted by Crippen LogP contribution is -2.44. The predicted octanol–water partition coefficient (Wildman–Crippen LogP) is 1.84. The van der Waals surface area contributed by atoms with Crippen LogP contribution >= 0.6 is 0 Å². The number of hydrogen-bond acceptors (Lipinski definition) is 2. The molecule has 2 heterocycles. The first-order valence-corrected chi connectivity index (χ1v) is 4.88. The van der Waals surface area contributed by atoms with Crippen LogP contribution in [0.5, 0.6) is 0 Å². The molecule has 1 aliphatic rings. The Labute approximate surface area is 79.6 Å². The van der Waals surface area contributed by atoms with Crippen LogP contribution in [0.4, 0.5) is 0 Å². The number of aromatic nitrogens is 1. The largest absolute Gasteiger partial charge is 0.297 e. The number of aryl methyl sites for hydroxylation is 1. The fraction of sp³-hybridized carbons (Fsp3) is 0.545. The van der Waals surface area contributed by atoms with Gasteiger partial charge in [0.25, 0.3) is 0 Å². The maximum atomic E-state index is 4.38. The zero-order chi connectivity index (χ0) is 9.26. The second-order valence-electron chi connectivity index (χ2n) is 4.07. The van der Waals surface area contributed by atoms with Gasteiger partial charge < -0.3 is 0 Å². The van der Waals surface area contributed by atoms with Gasteiger partial charge in [-0.05, 0) is 24.5 Å². The summed E-state index contributed by atoms with van der Waals surface area (Å²) in [6.07, 6.45) is 1.88. The van der Waals surface area contributed by atoms with Crippen LogP contribution in [-0.2, 0) is 6.54 Å². The van der Waals surface area contributed by atoms with Crippen LogP contribution in [-0.4, -0.2) is 23.0 Å². The summed E-state index contributed by atoms with van der Waals surface area (Å²) < 4.78 is 0. The fourth-order valence-electron chi connectivity index (χ4n) is 1.85. The highest BCUT2D eigenvalue weighted by Gasteiger charge is 2.22. The molecule has 70 valence electrons. The Morgan fingerprint density at radius 3 is 2.92 bits per heavy atom. The predicted molar refractivity (Wildman–Crippen MR) is 53.4 cm³/mol. The average Bonchev–Trinajstić information content (AvgIpc) is 2.06. The smallest absolute Gasteiger partial charge is 0.0573 e. The van der Waals surface area contributed by atoms with Gasteiger partial charge in [0.1, 0.15) is 0 Å². The van der Waals surface area contributed by atoms with Crippen molar-refractivity contribution in [2.45, 2.75) is 20.4 Å². The van der Waals surface area contributed by atoms with Crippen LogP contribution in [0.25, 0.3) is 0 Å². The van der Waals surface area contributed by atoms with Crippen LogP contribution in [0, 0.1) is 12.8 Å². The monoisotopic (exact) mass is 176 g/mol. The van der Waals surface area contributed by atoms with E-state index in [1.165, 1.54) is 24.3 Å². The van der Waals surface area contributed by atoms with Gasteiger partial charge in [0.05, 0.1) is 5.69 Å². The van der Waals surface area contributed by atoms with E-state index in [0.29, 0.717) is 0 Å². The molecule has 0 aromatic carbocycles. The van der Waals surface area contributed by atoms with Crippen molar-refractivity contribution in [3.05, 3.63) is 29.6 Å². The van der Waals surface area contributed by atoms with Crippen molar-refractivity contribution in [3.8, 4) is 0 Å². The van der Waals surface area contributed by atoms with Crippen LogP contribution in [0.1, 0.15) is 18.2 Å². The first-order valence-electron chi connectivity index (χ1n) is 4.88. The second-order valence-corrected chi connectivity index (χ2v) is 4.07. The zero-order valence-corrected chi connectivity index (χ0v) is 8.33. The van der Waals surface area contributed by atoms with Gasteiger partial charge in [-0.3, -0.25) is 9.88 Å². The summed E-state index contributed by atoms with van der Waals surface area (Å²) in [6, 6.07) is 4.13. The van der Waals surface area contributed by atoms with Crippen LogP contribution < -0.4 is 0 Å². The van der Waals surface area contributed by atoms with Crippen molar-refractivity contribution in [1.29, 1.82) is 0 Å². The maximum absolute atomic E-state index is 4.38. The molecule has 0 unspecified atom stereocenters. The van der Waals surface area contributed by atoms with Crippen molar-refractivity contribution in [2.75, 3.05) is 13.1 Å². The first kappa shape index (κ1) is 8.70. The van der Waals surface area contributed by atoms with E-state index in [1.54, 1.807) is 0 Å². The molecule has 0 amide bonds. The van der Waals surface area contributed by atoms with Gasteiger partial charge in [0.15, 0.2) is 0 Å². The molecule has 0 bridgehead atoms. The maximum Gasteiger partial charge on any atom is 0.0573 e. The molecule has 0 spiro atoms. The number of rotatable bonds is 2. The van der Waals surface area contributed by atoms with Gasteiger partial charge >= 0.3 is 0 Å². The minimum absolute atomic E-state index is 0.879. The third kappa shape index (κ3) is 1.89. The lowest BCUT2D eigenvalue weighted by atomic mass is 10.0. The Morgan fingerprint density at radius 1 is 1.54 bits per heavy atom. The number of pyridine rings is 1. The molecular weight excluding hydrogens is 160 g/mol. The van der Waals surface area contributed by atoms with Gasteiger partial charge in [-0.25, -0.2) is 0 Å². The average molecular weight is 176 g/mol. The normalized spacial score (nSPS) is 18.6. The molecule has 1 saturated heterocycles. The van der Waals surface area contributed by atoms with E-state index in [2.05, 4.69) is 29.8 Å². The third-order valence-electron chi connectivity index (χ3n) is 2.63. The Kier molecular flexibility index (Phi) is 2.32. The molecule has 1 aliphatic heterocycles. The number of nitrogens with zero attached hydrogens (tertiary/aromatic N) is 2. The summed E-state index contributed by atoms with van der Waals surface area (Å²) in [5.74, 6) is 0.879. The lowest BCUT2D eigenvalue weighted by Gasteiger charge is -2.37. The van der Waals surface area contributed by atoms with E-state index >= 15 is 0 Å². The summed E-state index contributed by atoms with van der Waals surface area (Å²) >= 11 is 0. The van der Waals surface area contributed by atoms with Crippen LogP contribution in [0.2, 0.25) is 0 Å². The summed E-state index contributed by atoms with van der Waals surface area (Å²) in [4.78, 5) is 6.83. The molecule has 0 N–H and O–H groups in total. The van der Waals surface area contributed by atoms with Crippen molar-refractivity contribution in [3.63, 3.8) is 0 Å². The number of hydrogen-bond donors (Lipinski definition) is 0. The molecule has 2 nitrogen and oxygen atoms in total. The quantitative estimate of drug-likeness (QED) is 0.683. The minimum atomic E-state index is 0.879. The Balaban J connectivity index is 1.98. The van der Waals surface area contributed by atoms with Crippen molar-refractivity contribution in [1.82, 2.24) is 9.88 Å². The molecule has 1 fully saturated rings. The highest BCUT2D eigenvalue weighted by Crippen LogP contribution is 2.17. The lowest BCUT2D eigenvalue weighted by molar-refractivity contribution is 0.103. The standard InChI is InChI=1S/C11H16N2/c1-9-6-13(7-9)8-11-10(2)4-3-5-12-11/h3-5,9H,6-8H2,1-2H3. The van der Waals surface area contributed by atoms with E-state index in [1.807, 2.05) is 12.3 Å². The van der Waals surface area contributed by atoms with Gasteiger partial charge in [0, 0.05) is 25.8 Å². The van der Waals surface area contributed by atoms with Crippen molar-refractivity contribution in [2.24, 2.45) is 5.92 Å². The second kappa shape index (κ2) is 3.46. The molecule has 1 aromatic rings. The molecule has 0 aliphatic carbocycles. The van der Waals surface area contributed by atoms with E-state index in [-0.39, 0.29) is 0 Å². The molecule has 13 heavy (non-hydrogen) atoms. The van der Waals surface area contributed by atoms with Crippen molar-refractivity contribution >= 4 is 0 Å². The Hall–Kier alpha value is -0.890. The molecule has 2 rings (SSSR count). The van der Waals surface area contributed by atoms with E-state index < -0.39 is 0 Å². The molecule has 0 saturated carbocycles. The highest BCUT2D eigenvalue weighted by atomic mass is 15.2. The summed E-state index contributed by atoms with van der Waals surface area (Å²) in [5.41, 5.74) is 2.54. The summed E-state index contributed by atoms with van der Waals surface area (Å²) in [6.45, 7) is 7.91. The Bertz CT molecular complexity index is 290. The molecular formula is C11H16N2. The van der Waals surface area contributed by atoms with Crippen molar-refractivity contribution < 1.29 is 0 Å². The van der Waals surface area contributed by atoms with Gasteiger partial charge in [0.2, 0.25) is 0 Å². The van der Waals surface area contributed by atoms with Gasteiger partial charge in [-0.2, -0.15) is 0 Å². The molecule has 0 radical (unpaired) electrons. The van der Waals surface area contributed by atoms with E-state index in [4.69, 9.17) is 0 Å². The number of likely N-dealkylation sites (tertiary alicyclic amines) is 1. The van der Waals surface area contributed by atoms with Gasteiger partial charge in [-0.1, -0.05) is 13.0 Å². The third-order valence-corrected chi connectivity index (χ3v) is 2.63. The zero-order valence-electron chi connectivity index (χ0n) is 8.33. The highest BCUT2D eigenvalue weighted by molar-refractivity contribution is 5.17. The SMILES string of the molecule is Cc1cccnc1CN1CC(C)C1. The fourth-order valence-corrected chi connectivity index (χ4v) is 1.85. The Morgan fingerprint density at radius 2 is 2.31 bits per heavy atom. The molecule has 2 heteroatoms. The van der Waals surface area contributed by atoms with E-state index in [0.717, 1.165) is 12.5 Å². The molecule has 1 aromatic heterocycles. The van der Waals surface area contributed by atoms with E-state index in [9.17, 15) is 0 Å².